The van der Waals surface area contributed by atoms with Crippen molar-refractivity contribution in [2.75, 3.05) is 38.0 Å². The first-order valence-corrected chi connectivity index (χ1v) is 4.73. The highest BCUT2D eigenvalue weighted by Crippen LogP contribution is 2.32. The summed E-state index contributed by atoms with van der Waals surface area (Å²) in [6.45, 7) is -1.11. The molecule has 5 nitrogen and oxygen atoms in total. The van der Waals surface area contributed by atoms with Crippen molar-refractivity contribution in [1.82, 2.24) is 9.97 Å². The van der Waals surface area contributed by atoms with Gasteiger partial charge in [0, 0.05) is 14.1 Å². The monoisotopic (exact) mass is 250 g/mol. The van der Waals surface area contributed by atoms with Gasteiger partial charge in [-0.3, -0.25) is 0 Å². The number of nitrogens with one attached hydrogen (secondary N) is 1. The molecule has 1 rings (SSSR count). The Balaban J connectivity index is 3.04. The number of nitrogens with zero attached hydrogens (tertiary/aromatic N) is 3. The number of halogens is 3. The van der Waals surface area contributed by atoms with Crippen LogP contribution in [0, 0.1) is 0 Å². The van der Waals surface area contributed by atoms with E-state index in [9.17, 15) is 13.2 Å². The molecule has 1 heterocycles. The van der Waals surface area contributed by atoms with E-state index in [-0.39, 0.29) is 11.6 Å². The van der Waals surface area contributed by atoms with Crippen LogP contribution < -0.4 is 15.0 Å². The van der Waals surface area contributed by atoms with Crippen LogP contribution in [-0.2, 0) is 0 Å². The SMILES string of the molecule is CNc1ncnc(N(C)CC(F)(F)F)c1OC. The molecule has 0 aliphatic rings. The molecule has 0 aromatic carbocycles. The molecule has 0 saturated carbocycles. The maximum absolute atomic E-state index is 12.3. The van der Waals surface area contributed by atoms with Crippen LogP contribution in [0.2, 0.25) is 0 Å². The van der Waals surface area contributed by atoms with E-state index in [1.165, 1.54) is 20.5 Å². The predicted molar refractivity (Wildman–Crippen MR) is 57.5 cm³/mol. The third-order valence-corrected chi connectivity index (χ3v) is 2.00. The van der Waals surface area contributed by atoms with Gasteiger partial charge in [-0.05, 0) is 0 Å². The van der Waals surface area contributed by atoms with Gasteiger partial charge in [-0.15, -0.1) is 0 Å². The maximum atomic E-state index is 12.3. The van der Waals surface area contributed by atoms with E-state index in [1.54, 1.807) is 7.05 Å². The Morgan fingerprint density at radius 2 is 2.06 bits per heavy atom. The lowest BCUT2D eigenvalue weighted by molar-refractivity contribution is -0.119. The first-order chi connectivity index (χ1) is 7.89. The number of ether oxygens (including phenoxy) is 1. The molecule has 0 unspecified atom stereocenters. The van der Waals surface area contributed by atoms with Crippen molar-refractivity contribution in [3.63, 3.8) is 0 Å². The zero-order valence-corrected chi connectivity index (χ0v) is 9.67. The van der Waals surface area contributed by atoms with Crippen LogP contribution in [0.5, 0.6) is 5.75 Å². The van der Waals surface area contributed by atoms with Crippen LogP contribution in [0.25, 0.3) is 0 Å². The summed E-state index contributed by atoms with van der Waals surface area (Å²) >= 11 is 0. The van der Waals surface area contributed by atoms with E-state index in [4.69, 9.17) is 4.74 Å². The highest BCUT2D eigenvalue weighted by Gasteiger charge is 2.31. The van der Waals surface area contributed by atoms with Gasteiger partial charge in [-0.2, -0.15) is 13.2 Å². The third kappa shape index (κ3) is 3.36. The number of aromatic nitrogens is 2. The standard InChI is InChI=1S/C9H13F3N4O/c1-13-7-6(17-3)8(15-5-14-7)16(2)4-9(10,11)12/h5H,4H2,1-3H3,(H,13,14,15). The summed E-state index contributed by atoms with van der Waals surface area (Å²) in [5, 5.41) is 2.72. The van der Waals surface area contributed by atoms with Crippen LogP contribution >= 0.6 is 0 Å². The van der Waals surface area contributed by atoms with Crippen molar-refractivity contribution in [3.8, 4) is 5.75 Å². The lowest BCUT2D eigenvalue weighted by Gasteiger charge is -2.22. The van der Waals surface area contributed by atoms with Crippen molar-refractivity contribution < 1.29 is 17.9 Å². The molecule has 8 heteroatoms. The summed E-state index contributed by atoms with van der Waals surface area (Å²) < 4.78 is 41.8. The van der Waals surface area contributed by atoms with Crippen LogP contribution in [0.3, 0.4) is 0 Å². The molecule has 96 valence electrons. The van der Waals surface area contributed by atoms with Crippen molar-refractivity contribution in [1.29, 1.82) is 0 Å². The molecule has 0 aliphatic heterocycles. The Kier molecular flexibility index (Phi) is 3.97. The minimum atomic E-state index is -4.30. The summed E-state index contributed by atoms with van der Waals surface area (Å²) in [6, 6.07) is 0. The molecular formula is C9H13F3N4O. The molecule has 0 aliphatic carbocycles. The fourth-order valence-electron chi connectivity index (χ4n) is 1.35. The van der Waals surface area contributed by atoms with Crippen LogP contribution in [0.4, 0.5) is 24.8 Å². The lowest BCUT2D eigenvalue weighted by atomic mass is 10.4. The van der Waals surface area contributed by atoms with Gasteiger partial charge >= 0.3 is 6.18 Å². The molecule has 0 spiro atoms. The first kappa shape index (κ1) is 13.3. The predicted octanol–water partition coefficient (Wildman–Crippen LogP) is 1.53. The van der Waals surface area contributed by atoms with Crippen molar-refractivity contribution >= 4 is 11.6 Å². The topological polar surface area (TPSA) is 50.3 Å². The van der Waals surface area contributed by atoms with E-state index in [2.05, 4.69) is 15.3 Å². The summed E-state index contributed by atoms with van der Waals surface area (Å²) in [4.78, 5) is 8.60. The van der Waals surface area contributed by atoms with Gasteiger partial charge in [0.25, 0.3) is 0 Å². The molecule has 0 bridgehead atoms. The van der Waals surface area contributed by atoms with Crippen LogP contribution in [0.15, 0.2) is 6.33 Å². The molecular weight excluding hydrogens is 237 g/mol. The molecule has 0 atom stereocenters. The lowest BCUT2D eigenvalue weighted by Crippen LogP contribution is -2.31. The summed E-state index contributed by atoms with van der Waals surface area (Å²) in [6.07, 6.45) is -3.12. The van der Waals surface area contributed by atoms with Crippen molar-refractivity contribution in [3.05, 3.63) is 6.33 Å². The summed E-state index contributed by atoms with van der Waals surface area (Å²) in [5.41, 5.74) is 0. The van der Waals surface area contributed by atoms with Gasteiger partial charge in [-0.1, -0.05) is 0 Å². The van der Waals surface area contributed by atoms with E-state index in [0.717, 1.165) is 4.90 Å². The number of alkyl halides is 3. The summed E-state index contributed by atoms with van der Waals surface area (Å²) in [5.74, 6) is 0.609. The first-order valence-electron chi connectivity index (χ1n) is 4.73. The number of hydrogen-bond donors (Lipinski definition) is 1. The molecule has 17 heavy (non-hydrogen) atoms. The van der Waals surface area contributed by atoms with Gasteiger partial charge in [0.15, 0.2) is 11.6 Å². The minimum Gasteiger partial charge on any atom is -0.490 e. The summed E-state index contributed by atoms with van der Waals surface area (Å²) in [7, 11) is 4.24. The average Bonchev–Trinajstić information content (AvgIpc) is 2.25. The maximum Gasteiger partial charge on any atom is 0.405 e. The second-order valence-electron chi connectivity index (χ2n) is 3.30. The molecule has 0 amide bonds. The number of anilines is 2. The molecule has 0 radical (unpaired) electrons. The normalized spacial score (nSPS) is 11.2. The van der Waals surface area contributed by atoms with Gasteiger partial charge in [-0.25, -0.2) is 9.97 Å². The van der Waals surface area contributed by atoms with E-state index < -0.39 is 12.7 Å². The Bertz CT molecular complexity index is 383. The largest absolute Gasteiger partial charge is 0.490 e. The van der Waals surface area contributed by atoms with Gasteiger partial charge in [0.1, 0.15) is 12.9 Å². The van der Waals surface area contributed by atoms with Gasteiger partial charge < -0.3 is 15.0 Å². The van der Waals surface area contributed by atoms with E-state index in [0.29, 0.717) is 5.82 Å². The van der Waals surface area contributed by atoms with E-state index >= 15 is 0 Å². The smallest absolute Gasteiger partial charge is 0.405 e. The molecule has 1 aromatic heterocycles. The fraction of sp³-hybridized carbons (Fsp3) is 0.556. The number of rotatable bonds is 4. The number of hydrogen-bond acceptors (Lipinski definition) is 5. The second kappa shape index (κ2) is 5.07. The van der Waals surface area contributed by atoms with Gasteiger partial charge in [0.2, 0.25) is 5.75 Å². The van der Waals surface area contributed by atoms with Crippen LogP contribution in [0.1, 0.15) is 0 Å². The van der Waals surface area contributed by atoms with Crippen molar-refractivity contribution in [2.24, 2.45) is 0 Å². The zero-order chi connectivity index (χ0) is 13.1. The number of methoxy groups -OCH3 is 1. The Hall–Kier alpha value is -1.73. The Morgan fingerprint density at radius 3 is 2.53 bits per heavy atom. The Morgan fingerprint density at radius 1 is 1.41 bits per heavy atom. The van der Waals surface area contributed by atoms with Gasteiger partial charge in [0.05, 0.1) is 7.11 Å². The minimum absolute atomic E-state index is 0.0872. The molecule has 0 saturated heterocycles. The quantitative estimate of drug-likeness (QED) is 0.878. The van der Waals surface area contributed by atoms with E-state index in [1.807, 2.05) is 0 Å². The van der Waals surface area contributed by atoms with Crippen LogP contribution in [-0.4, -0.2) is 43.9 Å². The molecule has 1 aromatic rings. The second-order valence-corrected chi connectivity index (χ2v) is 3.30. The fourth-order valence-corrected chi connectivity index (χ4v) is 1.35. The highest BCUT2D eigenvalue weighted by molar-refractivity contribution is 5.64. The zero-order valence-electron chi connectivity index (χ0n) is 9.67. The Labute approximate surface area is 96.6 Å². The molecule has 1 N–H and O–H groups in total. The third-order valence-electron chi connectivity index (χ3n) is 2.00. The molecule has 0 fully saturated rings. The highest BCUT2D eigenvalue weighted by atomic mass is 19.4. The average molecular weight is 250 g/mol. The van der Waals surface area contributed by atoms with Crippen molar-refractivity contribution in [2.45, 2.75) is 6.18 Å².